The molecule has 23 heavy (non-hydrogen) atoms. The van der Waals surface area contributed by atoms with Gasteiger partial charge in [-0.3, -0.25) is 0 Å². The van der Waals surface area contributed by atoms with E-state index in [0.717, 1.165) is 16.7 Å². The van der Waals surface area contributed by atoms with E-state index in [4.69, 9.17) is 4.42 Å². The largest absolute Gasteiger partial charge is 0.507 e. The van der Waals surface area contributed by atoms with Gasteiger partial charge in [0.15, 0.2) is 0 Å². The summed E-state index contributed by atoms with van der Waals surface area (Å²) in [6.07, 6.45) is 1.67. The number of rotatable bonds is 3. The van der Waals surface area contributed by atoms with Crippen LogP contribution >= 0.6 is 0 Å². The molecule has 0 aliphatic carbocycles. The van der Waals surface area contributed by atoms with Crippen molar-refractivity contribution in [2.24, 2.45) is 0 Å². The molecule has 0 saturated heterocycles. The lowest BCUT2D eigenvalue weighted by Crippen LogP contribution is -2.04. The second-order valence-corrected chi connectivity index (χ2v) is 5.23. The Morgan fingerprint density at radius 2 is 1.48 bits per heavy atom. The molecule has 3 aromatic rings. The Bertz CT molecular complexity index is 850. The highest BCUT2D eigenvalue weighted by Gasteiger charge is 2.11. The number of hydrogen-bond acceptors (Lipinski definition) is 3. The monoisotopic (exact) mass is 304 g/mol. The van der Waals surface area contributed by atoms with Crippen LogP contribution in [0, 0.1) is 6.92 Å². The molecule has 1 N–H and O–H groups in total. The third-order valence-corrected chi connectivity index (χ3v) is 3.55. The molecule has 3 nitrogen and oxygen atoms in total. The molecule has 0 bridgehead atoms. The van der Waals surface area contributed by atoms with Crippen LogP contribution in [-0.4, -0.2) is 5.11 Å². The quantitative estimate of drug-likeness (QED) is 0.787. The number of aryl methyl sites for hydroxylation is 1. The van der Waals surface area contributed by atoms with E-state index in [9.17, 15) is 9.90 Å². The molecule has 0 amide bonds. The van der Waals surface area contributed by atoms with Crippen LogP contribution in [0.4, 0.5) is 0 Å². The zero-order valence-electron chi connectivity index (χ0n) is 12.7. The lowest BCUT2D eigenvalue weighted by Gasteiger charge is -2.09. The summed E-state index contributed by atoms with van der Waals surface area (Å²) in [6, 6.07) is 20.9. The fourth-order valence-corrected chi connectivity index (χ4v) is 2.45. The fourth-order valence-electron chi connectivity index (χ4n) is 2.45. The highest BCUT2D eigenvalue weighted by molar-refractivity contribution is 5.92. The lowest BCUT2D eigenvalue weighted by atomic mass is 9.96. The Morgan fingerprint density at radius 3 is 1.96 bits per heavy atom. The molecule has 1 aromatic heterocycles. The minimum atomic E-state index is -0.549. The molecule has 3 heteroatoms. The fraction of sp³-hybridized carbons (Fsp3) is 0.0500. The van der Waals surface area contributed by atoms with E-state index < -0.39 is 5.63 Å². The van der Waals surface area contributed by atoms with Crippen LogP contribution in [-0.2, 0) is 0 Å². The highest BCUT2D eigenvalue weighted by Crippen LogP contribution is 2.27. The van der Waals surface area contributed by atoms with Crippen molar-refractivity contribution in [2.75, 3.05) is 0 Å². The minimum Gasteiger partial charge on any atom is -0.507 e. The Morgan fingerprint density at radius 1 is 0.957 bits per heavy atom. The molecule has 0 aliphatic heterocycles. The van der Waals surface area contributed by atoms with Gasteiger partial charge >= 0.3 is 5.63 Å². The molecule has 0 radical (unpaired) electrons. The zero-order valence-corrected chi connectivity index (χ0v) is 12.7. The summed E-state index contributed by atoms with van der Waals surface area (Å²) >= 11 is 0. The van der Waals surface area contributed by atoms with E-state index in [0.29, 0.717) is 5.76 Å². The molecule has 0 atom stereocenters. The summed E-state index contributed by atoms with van der Waals surface area (Å²) in [5, 5.41) is 10.1. The third kappa shape index (κ3) is 3.24. The van der Waals surface area contributed by atoms with Crippen LogP contribution in [0.3, 0.4) is 0 Å². The molecule has 0 saturated carbocycles. The lowest BCUT2D eigenvalue weighted by molar-refractivity contribution is 0.432. The summed E-state index contributed by atoms with van der Waals surface area (Å²) < 4.78 is 5.10. The molecular weight excluding hydrogens is 288 g/mol. The van der Waals surface area contributed by atoms with Crippen molar-refractivity contribution in [1.29, 1.82) is 0 Å². The molecule has 2 aromatic carbocycles. The standard InChI is InChI=1S/C20H16O3/c1-14-12-19(21)18(20(22)23-14)13-17(15-8-4-2-5-9-15)16-10-6-3-7-11-16/h2-13,21H,1H3. The van der Waals surface area contributed by atoms with Gasteiger partial charge in [0.2, 0.25) is 0 Å². The maximum absolute atomic E-state index is 12.1. The Labute approximate surface area is 134 Å². The van der Waals surface area contributed by atoms with E-state index in [1.807, 2.05) is 60.7 Å². The summed E-state index contributed by atoms with van der Waals surface area (Å²) in [5.41, 5.74) is 2.36. The van der Waals surface area contributed by atoms with Gasteiger partial charge in [-0.1, -0.05) is 60.7 Å². The molecule has 1 heterocycles. The van der Waals surface area contributed by atoms with Crippen LogP contribution < -0.4 is 5.63 Å². The van der Waals surface area contributed by atoms with Crippen molar-refractivity contribution in [3.63, 3.8) is 0 Å². The topological polar surface area (TPSA) is 50.4 Å². The Hall–Kier alpha value is -3.07. The third-order valence-electron chi connectivity index (χ3n) is 3.55. The maximum atomic E-state index is 12.1. The average Bonchev–Trinajstić information content (AvgIpc) is 2.56. The predicted molar refractivity (Wildman–Crippen MR) is 91.2 cm³/mol. The highest BCUT2D eigenvalue weighted by atomic mass is 16.4. The van der Waals surface area contributed by atoms with Crippen molar-refractivity contribution in [1.82, 2.24) is 0 Å². The second kappa shape index (κ2) is 6.36. The summed E-state index contributed by atoms with van der Waals surface area (Å²) in [5.74, 6) is 0.300. The van der Waals surface area contributed by atoms with E-state index >= 15 is 0 Å². The maximum Gasteiger partial charge on any atom is 0.347 e. The zero-order chi connectivity index (χ0) is 16.2. The SMILES string of the molecule is Cc1cc(O)c(C=C(c2ccccc2)c2ccccc2)c(=O)o1. The predicted octanol–water partition coefficient (Wildman–Crippen LogP) is 4.24. The van der Waals surface area contributed by atoms with Crippen molar-refractivity contribution in [3.8, 4) is 5.75 Å². The first kappa shape index (κ1) is 14.9. The van der Waals surface area contributed by atoms with Crippen LogP contribution in [0.15, 0.2) is 75.9 Å². The van der Waals surface area contributed by atoms with Gasteiger partial charge < -0.3 is 9.52 Å². The van der Waals surface area contributed by atoms with Crippen LogP contribution in [0.2, 0.25) is 0 Å². The number of benzene rings is 2. The van der Waals surface area contributed by atoms with Crippen molar-refractivity contribution in [2.45, 2.75) is 6.92 Å². The van der Waals surface area contributed by atoms with Gasteiger partial charge in [0.1, 0.15) is 17.1 Å². The first-order valence-electron chi connectivity index (χ1n) is 7.31. The van der Waals surface area contributed by atoms with Crippen molar-refractivity contribution in [3.05, 3.63) is 99.6 Å². The number of hydrogen-bond donors (Lipinski definition) is 1. The van der Waals surface area contributed by atoms with Gasteiger partial charge in [0.25, 0.3) is 0 Å². The Balaban J connectivity index is 2.23. The molecule has 114 valence electrons. The van der Waals surface area contributed by atoms with Gasteiger partial charge in [0, 0.05) is 6.07 Å². The van der Waals surface area contributed by atoms with Gasteiger partial charge in [-0.2, -0.15) is 0 Å². The smallest absolute Gasteiger partial charge is 0.347 e. The van der Waals surface area contributed by atoms with Gasteiger partial charge in [-0.15, -0.1) is 0 Å². The first-order valence-corrected chi connectivity index (χ1v) is 7.31. The van der Waals surface area contributed by atoms with Crippen molar-refractivity contribution < 1.29 is 9.52 Å². The Kier molecular flexibility index (Phi) is 4.11. The summed E-state index contributed by atoms with van der Waals surface area (Å²) in [7, 11) is 0. The first-order chi connectivity index (χ1) is 11.1. The van der Waals surface area contributed by atoms with Gasteiger partial charge in [-0.25, -0.2) is 4.79 Å². The second-order valence-electron chi connectivity index (χ2n) is 5.23. The van der Waals surface area contributed by atoms with E-state index in [1.54, 1.807) is 13.0 Å². The minimum absolute atomic E-state index is 0.0805. The van der Waals surface area contributed by atoms with E-state index in [2.05, 4.69) is 0 Å². The molecule has 0 fully saturated rings. The van der Waals surface area contributed by atoms with Crippen LogP contribution in [0.1, 0.15) is 22.5 Å². The van der Waals surface area contributed by atoms with Gasteiger partial charge in [-0.05, 0) is 29.7 Å². The number of aromatic hydroxyl groups is 1. The summed E-state index contributed by atoms with van der Waals surface area (Å²) in [4.78, 5) is 12.1. The molecule has 0 aliphatic rings. The normalized spacial score (nSPS) is 10.3. The van der Waals surface area contributed by atoms with E-state index in [-0.39, 0.29) is 11.3 Å². The average molecular weight is 304 g/mol. The molecule has 0 unspecified atom stereocenters. The van der Waals surface area contributed by atoms with E-state index in [1.165, 1.54) is 6.07 Å². The molecular formula is C20H16O3. The molecule has 3 rings (SSSR count). The molecule has 0 spiro atoms. The van der Waals surface area contributed by atoms with Crippen LogP contribution in [0.5, 0.6) is 5.75 Å². The summed E-state index contributed by atoms with van der Waals surface area (Å²) in [6.45, 7) is 1.63. The van der Waals surface area contributed by atoms with Crippen molar-refractivity contribution >= 4 is 11.6 Å². The van der Waals surface area contributed by atoms with Crippen LogP contribution in [0.25, 0.3) is 11.6 Å². The van der Waals surface area contributed by atoms with Gasteiger partial charge in [0.05, 0.1) is 0 Å².